The summed E-state index contributed by atoms with van der Waals surface area (Å²) in [5.74, 6) is 2.12. The molecule has 1 aliphatic carbocycles. The Bertz CT molecular complexity index is 2620. The van der Waals surface area contributed by atoms with Crippen molar-refractivity contribution in [3.63, 3.8) is 0 Å². The predicted octanol–water partition coefficient (Wildman–Crippen LogP) is 12.3. The minimum Gasteiger partial charge on any atom is -0.439 e. The number of para-hydroxylation sites is 1. The number of ether oxygens (including phenoxy) is 1. The standard InChI is InChI=1S/C49H43N3O/c1-47(2,3)34-28-29-50-43(30-34)52-42-23-14-13-20-36(42)38-25-27-44(51-46(38)52)53-35-24-26-40-39(31-35)37-21-15-22-41(48(4,5)6)45(37)49(40,32-16-9-7-10-17-32)33-18-11-8-12-19-33/h7-31H,1-6H3. The quantitative estimate of drug-likeness (QED) is 0.181. The summed E-state index contributed by atoms with van der Waals surface area (Å²) in [7, 11) is 0. The van der Waals surface area contributed by atoms with Crippen molar-refractivity contribution in [2.45, 2.75) is 57.8 Å². The number of rotatable bonds is 5. The summed E-state index contributed by atoms with van der Waals surface area (Å²) >= 11 is 0. The van der Waals surface area contributed by atoms with Gasteiger partial charge in [0.1, 0.15) is 11.6 Å². The van der Waals surface area contributed by atoms with E-state index in [4.69, 9.17) is 14.7 Å². The van der Waals surface area contributed by atoms with E-state index < -0.39 is 5.41 Å². The maximum absolute atomic E-state index is 6.72. The Kier molecular flexibility index (Phi) is 7.46. The maximum Gasteiger partial charge on any atom is 0.221 e. The fourth-order valence-electron chi connectivity index (χ4n) is 8.46. The fraction of sp³-hybridized carbons (Fsp3) is 0.184. The smallest absolute Gasteiger partial charge is 0.221 e. The first-order valence-corrected chi connectivity index (χ1v) is 18.5. The highest BCUT2D eigenvalue weighted by molar-refractivity contribution is 6.07. The summed E-state index contributed by atoms with van der Waals surface area (Å²) < 4.78 is 8.88. The van der Waals surface area contributed by atoms with Gasteiger partial charge in [-0.15, -0.1) is 0 Å². The van der Waals surface area contributed by atoms with Crippen molar-refractivity contribution in [2.24, 2.45) is 0 Å². The fourth-order valence-corrected chi connectivity index (χ4v) is 8.46. The average molecular weight is 690 g/mol. The van der Waals surface area contributed by atoms with Gasteiger partial charge in [0.15, 0.2) is 5.65 Å². The largest absolute Gasteiger partial charge is 0.439 e. The van der Waals surface area contributed by atoms with Gasteiger partial charge in [-0.05, 0) is 91.7 Å². The molecule has 3 heterocycles. The van der Waals surface area contributed by atoms with Gasteiger partial charge in [-0.2, -0.15) is 4.98 Å². The van der Waals surface area contributed by atoms with Crippen LogP contribution < -0.4 is 4.74 Å². The minimum absolute atomic E-state index is 0.0173. The second-order valence-electron chi connectivity index (χ2n) is 16.3. The Balaban J connectivity index is 1.23. The molecular weight excluding hydrogens is 647 g/mol. The molecule has 260 valence electrons. The van der Waals surface area contributed by atoms with E-state index in [0.29, 0.717) is 5.88 Å². The zero-order valence-electron chi connectivity index (χ0n) is 31.2. The molecule has 0 atom stereocenters. The van der Waals surface area contributed by atoms with Gasteiger partial charge in [0, 0.05) is 23.0 Å². The molecule has 3 aromatic heterocycles. The molecule has 9 rings (SSSR count). The van der Waals surface area contributed by atoms with E-state index >= 15 is 0 Å². The van der Waals surface area contributed by atoms with Crippen molar-refractivity contribution in [1.82, 2.24) is 14.5 Å². The molecule has 0 radical (unpaired) electrons. The molecule has 4 heteroatoms. The van der Waals surface area contributed by atoms with E-state index in [1.807, 2.05) is 12.3 Å². The topological polar surface area (TPSA) is 39.9 Å². The van der Waals surface area contributed by atoms with E-state index in [9.17, 15) is 0 Å². The van der Waals surface area contributed by atoms with Gasteiger partial charge >= 0.3 is 0 Å². The summed E-state index contributed by atoms with van der Waals surface area (Å²) in [6, 6.07) is 52.2. The van der Waals surface area contributed by atoms with Crippen molar-refractivity contribution in [2.75, 3.05) is 0 Å². The van der Waals surface area contributed by atoms with E-state index in [-0.39, 0.29) is 10.8 Å². The minimum atomic E-state index is -0.498. The van der Waals surface area contributed by atoms with Crippen LogP contribution in [0.1, 0.15) is 74.9 Å². The van der Waals surface area contributed by atoms with Crippen molar-refractivity contribution in [3.05, 3.63) is 185 Å². The van der Waals surface area contributed by atoms with E-state index in [2.05, 4.69) is 186 Å². The van der Waals surface area contributed by atoms with E-state index in [1.165, 1.54) is 44.5 Å². The van der Waals surface area contributed by atoms with Crippen LogP contribution in [-0.2, 0) is 16.2 Å². The molecule has 0 saturated heterocycles. The third-order valence-corrected chi connectivity index (χ3v) is 10.9. The van der Waals surface area contributed by atoms with Crippen LogP contribution in [0.3, 0.4) is 0 Å². The molecule has 0 unspecified atom stereocenters. The number of hydrogen-bond acceptors (Lipinski definition) is 3. The Morgan fingerprint density at radius 2 is 1.28 bits per heavy atom. The molecule has 1 aliphatic rings. The summed E-state index contributed by atoms with van der Waals surface area (Å²) in [6.45, 7) is 13.6. The Hall–Kier alpha value is -6.00. The molecule has 5 aromatic carbocycles. The third kappa shape index (κ3) is 5.19. The van der Waals surface area contributed by atoms with Crippen LogP contribution in [0.15, 0.2) is 152 Å². The zero-order valence-corrected chi connectivity index (χ0v) is 31.2. The summed E-state index contributed by atoms with van der Waals surface area (Å²) in [5.41, 5.74) is 11.3. The van der Waals surface area contributed by atoms with Gasteiger partial charge in [-0.25, -0.2) is 4.98 Å². The highest BCUT2D eigenvalue weighted by Gasteiger charge is 2.48. The van der Waals surface area contributed by atoms with Crippen molar-refractivity contribution in [1.29, 1.82) is 0 Å². The van der Waals surface area contributed by atoms with Gasteiger partial charge in [0.05, 0.1) is 10.9 Å². The number of benzene rings is 5. The molecule has 53 heavy (non-hydrogen) atoms. The SMILES string of the molecule is CC(C)(C)c1ccnc(-n2c3ccccc3c3ccc(Oc4ccc5c(c4)-c4cccc(C(C)(C)C)c4C5(c4ccccc4)c4ccccc4)nc32)c1. The zero-order chi connectivity index (χ0) is 36.5. The number of aromatic nitrogens is 3. The first-order valence-electron chi connectivity index (χ1n) is 18.5. The molecule has 0 spiro atoms. The normalized spacial score (nSPS) is 13.6. The summed E-state index contributed by atoms with van der Waals surface area (Å²) in [5, 5.41) is 2.19. The summed E-state index contributed by atoms with van der Waals surface area (Å²) in [4.78, 5) is 10.0. The van der Waals surface area contributed by atoms with Crippen LogP contribution in [0.2, 0.25) is 0 Å². The lowest BCUT2D eigenvalue weighted by atomic mass is 9.64. The van der Waals surface area contributed by atoms with Crippen molar-refractivity contribution < 1.29 is 4.74 Å². The maximum atomic E-state index is 6.72. The van der Waals surface area contributed by atoms with Gasteiger partial charge in [-0.1, -0.05) is 145 Å². The average Bonchev–Trinajstić information content (AvgIpc) is 3.65. The second-order valence-corrected chi connectivity index (χ2v) is 16.3. The lowest BCUT2D eigenvalue weighted by Crippen LogP contribution is -2.31. The van der Waals surface area contributed by atoms with Crippen LogP contribution in [0.4, 0.5) is 0 Å². The molecule has 0 amide bonds. The van der Waals surface area contributed by atoms with Crippen LogP contribution in [0.25, 0.3) is 38.9 Å². The first-order chi connectivity index (χ1) is 25.5. The molecule has 0 fully saturated rings. The Labute approximate surface area is 311 Å². The van der Waals surface area contributed by atoms with Crippen molar-refractivity contribution in [3.8, 4) is 28.6 Å². The number of hydrogen-bond donors (Lipinski definition) is 0. The lowest BCUT2D eigenvalue weighted by Gasteiger charge is -2.37. The highest BCUT2D eigenvalue weighted by Crippen LogP contribution is 2.59. The van der Waals surface area contributed by atoms with E-state index in [1.54, 1.807) is 0 Å². The molecule has 0 aliphatic heterocycles. The molecular formula is C49H43N3O. The molecule has 0 saturated carbocycles. The molecule has 8 aromatic rings. The molecule has 0 bridgehead atoms. The Morgan fingerprint density at radius 3 is 1.98 bits per heavy atom. The monoisotopic (exact) mass is 689 g/mol. The van der Waals surface area contributed by atoms with Crippen LogP contribution in [0.5, 0.6) is 11.6 Å². The van der Waals surface area contributed by atoms with Crippen LogP contribution in [-0.4, -0.2) is 14.5 Å². The van der Waals surface area contributed by atoms with E-state index in [0.717, 1.165) is 33.5 Å². The van der Waals surface area contributed by atoms with Gasteiger partial charge in [-0.3, -0.25) is 4.57 Å². The van der Waals surface area contributed by atoms with Gasteiger partial charge in [0.2, 0.25) is 5.88 Å². The summed E-state index contributed by atoms with van der Waals surface area (Å²) in [6.07, 6.45) is 1.90. The van der Waals surface area contributed by atoms with Crippen LogP contribution in [0, 0.1) is 0 Å². The Morgan fingerprint density at radius 1 is 0.585 bits per heavy atom. The van der Waals surface area contributed by atoms with Gasteiger partial charge in [0.25, 0.3) is 0 Å². The predicted molar refractivity (Wildman–Crippen MR) is 218 cm³/mol. The molecule has 4 nitrogen and oxygen atoms in total. The van der Waals surface area contributed by atoms with Crippen molar-refractivity contribution >= 4 is 21.9 Å². The second kappa shape index (κ2) is 12.0. The first kappa shape index (κ1) is 32.9. The third-order valence-electron chi connectivity index (χ3n) is 10.9. The lowest BCUT2D eigenvalue weighted by molar-refractivity contribution is 0.464. The van der Waals surface area contributed by atoms with Crippen LogP contribution >= 0.6 is 0 Å². The van der Waals surface area contributed by atoms with Gasteiger partial charge < -0.3 is 4.74 Å². The number of nitrogens with zero attached hydrogens (tertiary/aromatic N) is 3. The number of pyridine rings is 2. The highest BCUT2D eigenvalue weighted by atomic mass is 16.5. The number of fused-ring (bicyclic) bond motifs is 6. The molecule has 0 N–H and O–H groups in total.